The van der Waals surface area contributed by atoms with E-state index < -0.39 is 5.82 Å². The van der Waals surface area contributed by atoms with Gasteiger partial charge in [-0.15, -0.1) is 0 Å². The molecule has 0 aliphatic heterocycles. The number of halogens is 2. The second kappa shape index (κ2) is 8.34. The summed E-state index contributed by atoms with van der Waals surface area (Å²) < 4.78 is 13.7. The van der Waals surface area contributed by atoms with Crippen LogP contribution in [0.25, 0.3) is 22.4 Å². The number of hydrogen-bond acceptors (Lipinski definition) is 8. The molecule has 3 N–H and O–H groups in total. The van der Waals surface area contributed by atoms with Crippen LogP contribution in [0.5, 0.6) is 0 Å². The molecule has 3 heterocycles. The van der Waals surface area contributed by atoms with Crippen molar-refractivity contribution in [3.63, 3.8) is 0 Å². The number of aromatic nitrogens is 6. The molecule has 8 nitrogen and oxygen atoms in total. The Labute approximate surface area is 176 Å². The molecular formula is C20H16ClFN8. The molecule has 0 spiro atoms. The highest BCUT2D eigenvalue weighted by atomic mass is 35.5. The van der Waals surface area contributed by atoms with Crippen LogP contribution < -0.4 is 11.1 Å². The Bertz CT molecular complexity index is 1190. The van der Waals surface area contributed by atoms with E-state index >= 15 is 0 Å². The van der Waals surface area contributed by atoms with Crippen LogP contribution in [-0.4, -0.2) is 29.9 Å². The van der Waals surface area contributed by atoms with Gasteiger partial charge in [0, 0.05) is 29.7 Å². The van der Waals surface area contributed by atoms with Crippen LogP contribution >= 0.6 is 11.6 Å². The number of nitrogen functional groups attached to an aromatic ring is 1. The number of rotatable bonds is 5. The second-order valence-corrected chi connectivity index (χ2v) is 6.82. The van der Waals surface area contributed by atoms with Gasteiger partial charge < -0.3 is 11.1 Å². The minimum absolute atomic E-state index is 0.0237. The Morgan fingerprint density at radius 2 is 1.83 bits per heavy atom. The van der Waals surface area contributed by atoms with Crippen LogP contribution in [0.4, 0.5) is 16.2 Å². The summed E-state index contributed by atoms with van der Waals surface area (Å²) in [7, 11) is 0. The maximum Gasteiger partial charge on any atom is 0.222 e. The third kappa shape index (κ3) is 4.15. The van der Waals surface area contributed by atoms with Gasteiger partial charge >= 0.3 is 0 Å². The van der Waals surface area contributed by atoms with E-state index in [4.69, 9.17) is 17.3 Å². The largest absolute Gasteiger partial charge is 0.368 e. The Morgan fingerprint density at radius 3 is 2.53 bits per heavy atom. The Morgan fingerprint density at radius 1 is 1.03 bits per heavy atom. The lowest BCUT2D eigenvalue weighted by Gasteiger charge is -2.16. The number of aryl methyl sites for hydroxylation is 1. The van der Waals surface area contributed by atoms with Crippen molar-refractivity contribution in [2.45, 2.75) is 13.5 Å². The topological polar surface area (TPSA) is 115 Å². The monoisotopic (exact) mass is 422 g/mol. The molecule has 0 radical (unpaired) electrons. The second-order valence-electron chi connectivity index (χ2n) is 6.41. The molecule has 150 valence electrons. The fraction of sp³-hybridized carbons (Fsp3) is 0.100. The zero-order valence-electron chi connectivity index (χ0n) is 15.8. The third-order valence-corrected chi connectivity index (χ3v) is 4.53. The van der Waals surface area contributed by atoms with Crippen LogP contribution in [0, 0.1) is 12.7 Å². The number of anilines is 2. The molecule has 1 aromatic carbocycles. The van der Waals surface area contributed by atoms with Crippen LogP contribution in [0.3, 0.4) is 0 Å². The number of hydrogen-bond donors (Lipinski definition) is 2. The van der Waals surface area contributed by atoms with Gasteiger partial charge in [0.05, 0.1) is 40.4 Å². The van der Waals surface area contributed by atoms with Gasteiger partial charge in [-0.05, 0) is 25.1 Å². The van der Waals surface area contributed by atoms with Gasteiger partial charge in [-0.3, -0.25) is 9.97 Å². The van der Waals surface area contributed by atoms with Crippen LogP contribution in [-0.2, 0) is 6.54 Å². The van der Waals surface area contributed by atoms with Crippen LogP contribution in [0.1, 0.15) is 11.4 Å². The highest BCUT2D eigenvalue weighted by Crippen LogP contribution is 2.37. The maximum absolute atomic E-state index is 13.7. The predicted molar refractivity (Wildman–Crippen MR) is 112 cm³/mol. The standard InChI is InChI=1S/C20H16ClFN8/c1-11-5-27-14(8-26-11)9-28-19-17(13-6-24-10-25-7-13)18(29-20(23)30-19)12-2-3-16(22)15(21)4-12/h2-8,10H,9H2,1H3,(H3,23,28,29,30). The summed E-state index contributed by atoms with van der Waals surface area (Å²) in [6.07, 6.45) is 8.05. The predicted octanol–water partition coefficient (Wildman–Crippen LogP) is 3.69. The molecule has 30 heavy (non-hydrogen) atoms. The molecule has 0 unspecified atom stereocenters. The lowest BCUT2D eigenvalue weighted by molar-refractivity contribution is 0.628. The summed E-state index contributed by atoms with van der Waals surface area (Å²) in [5, 5.41) is 3.20. The van der Waals surface area contributed by atoms with Crippen molar-refractivity contribution in [2.24, 2.45) is 0 Å². The summed E-state index contributed by atoms with van der Waals surface area (Å²) in [6, 6.07) is 4.34. The molecule has 0 fully saturated rings. The molecular weight excluding hydrogens is 407 g/mol. The average molecular weight is 423 g/mol. The molecule has 10 heteroatoms. The van der Waals surface area contributed by atoms with Gasteiger partial charge in [0.1, 0.15) is 18.0 Å². The fourth-order valence-electron chi connectivity index (χ4n) is 2.84. The minimum atomic E-state index is -0.525. The molecule has 4 aromatic rings. The van der Waals surface area contributed by atoms with Crippen molar-refractivity contribution in [1.82, 2.24) is 29.9 Å². The molecule has 0 saturated heterocycles. The zero-order valence-corrected chi connectivity index (χ0v) is 16.6. The van der Waals surface area contributed by atoms with Crippen LogP contribution in [0.15, 0.2) is 49.3 Å². The van der Waals surface area contributed by atoms with Gasteiger partial charge in [0.2, 0.25) is 5.95 Å². The average Bonchev–Trinajstić information content (AvgIpc) is 2.75. The quantitative estimate of drug-likeness (QED) is 0.500. The Hall–Kier alpha value is -3.72. The SMILES string of the molecule is Cc1cnc(CNc2nc(N)nc(-c3ccc(F)c(Cl)c3)c2-c2cncnc2)cn1. The lowest BCUT2D eigenvalue weighted by Crippen LogP contribution is -2.09. The third-order valence-electron chi connectivity index (χ3n) is 4.24. The van der Waals surface area contributed by atoms with E-state index in [1.165, 1.54) is 18.5 Å². The summed E-state index contributed by atoms with van der Waals surface area (Å²) in [6.45, 7) is 2.22. The van der Waals surface area contributed by atoms with E-state index in [-0.39, 0.29) is 11.0 Å². The first-order valence-electron chi connectivity index (χ1n) is 8.91. The summed E-state index contributed by atoms with van der Waals surface area (Å²) in [5.74, 6) is -0.0259. The van der Waals surface area contributed by atoms with Crippen molar-refractivity contribution in [2.75, 3.05) is 11.1 Å². The van der Waals surface area contributed by atoms with Crippen molar-refractivity contribution in [1.29, 1.82) is 0 Å². The van der Waals surface area contributed by atoms with E-state index in [0.717, 1.165) is 11.4 Å². The van der Waals surface area contributed by atoms with E-state index in [9.17, 15) is 4.39 Å². The van der Waals surface area contributed by atoms with Crippen LogP contribution in [0.2, 0.25) is 5.02 Å². The fourth-order valence-corrected chi connectivity index (χ4v) is 3.03. The van der Waals surface area contributed by atoms with Gasteiger partial charge in [-0.1, -0.05) is 11.6 Å². The molecule has 0 bridgehead atoms. The van der Waals surface area contributed by atoms with Gasteiger partial charge in [0.15, 0.2) is 0 Å². The van der Waals surface area contributed by atoms with Crippen molar-refractivity contribution in [3.05, 3.63) is 71.5 Å². The molecule has 0 atom stereocenters. The number of benzene rings is 1. The zero-order chi connectivity index (χ0) is 21.1. The normalized spacial score (nSPS) is 10.8. The highest BCUT2D eigenvalue weighted by Gasteiger charge is 2.19. The smallest absolute Gasteiger partial charge is 0.222 e. The summed E-state index contributed by atoms with van der Waals surface area (Å²) in [5.41, 5.74) is 9.82. The highest BCUT2D eigenvalue weighted by molar-refractivity contribution is 6.31. The van der Waals surface area contributed by atoms with Gasteiger partial charge in [-0.2, -0.15) is 4.98 Å². The molecule has 0 amide bonds. The molecule has 0 saturated carbocycles. The summed E-state index contributed by atoms with van der Waals surface area (Å²) in [4.78, 5) is 25.5. The van der Waals surface area contributed by atoms with E-state index in [0.29, 0.717) is 34.7 Å². The van der Waals surface area contributed by atoms with Crippen molar-refractivity contribution >= 4 is 23.4 Å². The first kappa shape index (κ1) is 19.6. The minimum Gasteiger partial charge on any atom is -0.368 e. The number of nitrogens with two attached hydrogens (primary N) is 1. The number of nitrogens with one attached hydrogen (secondary N) is 1. The Kier molecular flexibility index (Phi) is 5.44. The first-order valence-corrected chi connectivity index (χ1v) is 9.29. The van der Waals surface area contributed by atoms with Gasteiger partial charge in [0.25, 0.3) is 0 Å². The first-order chi connectivity index (χ1) is 14.5. The molecule has 4 rings (SSSR count). The van der Waals surface area contributed by atoms with E-state index in [1.807, 2.05) is 6.92 Å². The molecule has 3 aromatic heterocycles. The van der Waals surface area contributed by atoms with E-state index in [1.54, 1.807) is 30.9 Å². The maximum atomic E-state index is 13.7. The summed E-state index contributed by atoms with van der Waals surface area (Å²) >= 11 is 5.99. The number of nitrogens with zero attached hydrogens (tertiary/aromatic N) is 6. The molecule has 0 aliphatic carbocycles. The van der Waals surface area contributed by atoms with E-state index in [2.05, 4.69) is 35.2 Å². The molecule has 0 aliphatic rings. The van der Waals surface area contributed by atoms with Gasteiger partial charge in [-0.25, -0.2) is 19.3 Å². The Balaban J connectivity index is 1.83. The van der Waals surface area contributed by atoms with Crippen molar-refractivity contribution < 1.29 is 4.39 Å². The van der Waals surface area contributed by atoms with Crippen molar-refractivity contribution in [3.8, 4) is 22.4 Å². The lowest BCUT2D eigenvalue weighted by atomic mass is 10.0.